The number of aryl methyl sites for hydroxylation is 2. The number of ether oxygens (including phenoxy) is 14. The monoisotopic (exact) mass is 1180 g/mol. The van der Waals surface area contributed by atoms with E-state index in [1.807, 2.05) is 48.5 Å². The summed E-state index contributed by atoms with van der Waals surface area (Å²) in [7, 11) is 0. The lowest BCUT2D eigenvalue weighted by Crippen LogP contribution is -2.32. The summed E-state index contributed by atoms with van der Waals surface area (Å²) in [4.78, 5) is 0. The third kappa shape index (κ3) is 16.7. The Morgan fingerprint density at radius 2 is 0.709 bits per heavy atom. The number of rotatable bonds is 29. The van der Waals surface area contributed by atoms with Crippen molar-refractivity contribution >= 4 is 21.5 Å². The molecule has 14 heteroatoms. The van der Waals surface area contributed by atoms with E-state index in [9.17, 15) is 0 Å². The molecular weight excluding hydrogens is 1090 g/mol. The second-order valence-corrected chi connectivity index (χ2v) is 25.2. The lowest BCUT2D eigenvalue weighted by molar-refractivity contribution is -0.0926. The molecule has 86 heavy (non-hydrogen) atoms. The summed E-state index contributed by atoms with van der Waals surface area (Å²) >= 11 is 0. The van der Waals surface area contributed by atoms with Crippen molar-refractivity contribution in [1.82, 2.24) is 0 Å². The van der Waals surface area contributed by atoms with Crippen molar-refractivity contribution < 1.29 is 66.3 Å². The summed E-state index contributed by atoms with van der Waals surface area (Å²) < 4.78 is 83.7. The number of hydrogen-bond acceptors (Lipinski definition) is 14. The molecule has 0 bridgehead atoms. The van der Waals surface area contributed by atoms with Crippen LogP contribution >= 0.6 is 0 Å². The van der Waals surface area contributed by atoms with Gasteiger partial charge in [0.1, 0.15) is 34.5 Å². The first-order valence-electron chi connectivity index (χ1n) is 32.2. The van der Waals surface area contributed by atoms with E-state index in [4.69, 9.17) is 66.3 Å². The lowest BCUT2D eigenvalue weighted by atomic mass is 9.72. The normalized spacial score (nSPS) is 24.6. The molecule has 2 aliphatic heterocycles. The number of fused-ring (bicyclic) bond motifs is 2. The van der Waals surface area contributed by atoms with E-state index in [1.54, 1.807) is 0 Å². The molecule has 6 aromatic rings. The molecule has 6 fully saturated rings. The Labute approximate surface area is 508 Å². The SMILES string of the molecule is Cc1ccc2c(-c3c(OCOC4CCC(C5CCC(OCOc6ccc(OCOCC7COC7)cc6)CC5)CC4)ccc4cc(C)ccc34)cc(OCOC3CCC(C4CCC(OCOc5ccc(OCOCC6COC6)cc5)CC4)CC3)cc2c1. The molecular formula is C72H90O14. The molecule has 0 spiro atoms. The van der Waals surface area contributed by atoms with Crippen molar-refractivity contribution in [2.75, 3.05) is 80.4 Å². The summed E-state index contributed by atoms with van der Waals surface area (Å²) in [5.74, 6) is 8.55. The largest absolute Gasteiger partial charge is 0.468 e. The molecule has 2 heterocycles. The van der Waals surface area contributed by atoms with Crippen molar-refractivity contribution in [2.45, 2.75) is 141 Å². The van der Waals surface area contributed by atoms with Gasteiger partial charge in [-0.2, -0.15) is 0 Å². The molecule has 0 atom stereocenters. The minimum Gasteiger partial charge on any atom is -0.468 e. The maximum Gasteiger partial charge on any atom is 0.189 e. The lowest BCUT2D eigenvalue weighted by Gasteiger charge is -2.37. The quantitative estimate of drug-likeness (QED) is 0.0326. The zero-order valence-corrected chi connectivity index (χ0v) is 50.7. The average Bonchev–Trinajstić information content (AvgIpc) is 2.74. The molecule has 0 aromatic heterocycles. The summed E-state index contributed by atoms with van der Waals surface area (Å²) in [5, 5.41) is 4.58. The van der Waals surface area contributed by atoms with E-state index < -0.39 is 0 Å². The molecule has 14 nitrogen and oxygen atoms in total. The fourth-order valence-corrected chi connectivity index (χ4v) is 13.9. The van der Waals surface area contributed by atoms with Crippen LogP contribution in [0.3, 0.4) is 0 Å². The molecule has 4 saturated carbocycles. The van der Waals surface area contributed by atoms with Crippen molar-refractivity contribution in [3.05, 3.63) is 120 Å². The summed E-state index contributed by atoms with van der Waals surface area (Å²) in [6.45, 7) is 10.1. The molecule has 4 aliphatic carbocycles. The highest BCUT2D eigenvalue weighted by molar-refractivity contribution is 6.08. The molecule has 6 aliphatic rings. The molecule has 2 saturated heterocycles. The van der Waals surface area contributed by atoms with Gasteiger partial charge in [0.05, 0.1) is 64.1 Å². The van der Waals surface area contributed by atoms with Crippen LogP contribution in [0.4, 0.5) is 0 Å². The Morgan fingerprint density at radius 3 is 1.12 bits per heavy atom. The maximum atomic E-state index is 6.72. The molecule has 0 N–H and O–H groups in total. The van der Waals surface area contributed by atoms with Crippen LogP contribution in [-0.2, 0) is 37.9 Å². The molecule has 462 valence electrons. The van der Waals surface area contributed by atoms with Gasteiger partial charge in [-0.05, 0) is 234 Å². The first-order chi connectivity index (χ1) is 42.4. The van der Waals surface area contributed by atoms with Crippen LogP contribution in [0, 0.1) is 49.4 Å². The average molecular weight is 1180 g/mol. The van der Waals surface area contributed by atoms with Crippen LogP contribution in [0.2, 0.25) is 0 Å². The smallest absolute Gasteiger partial charge is 0.189 e. The fourth-order valence-electron chi connectivity index (χ4n) is 13.9. The van der Waals surface area contributed by atoms with Gasteiger partial charge < -0.3 is 66.3 Å². The van der Waals surface area contributed by atoms with Gasteiger partial charge in [0.15, 0.2) is 40.8 Å². The molecule has 6 aromatic carbocycles. The van der Waals surface area contributed by atoms with Gasteiger partial charge in [-0.1, -0.05) is 53.6 Å². The summed E-state index contributed by atoms with van der Waals surface area (Å²) in [6, 6.07) is 37.3. The Balaban J connectivity index is 0.570. The maximum absolute atomic E-state index is 6.72. The third-order valence-electron chi connectivity index (χ3n) is 19.2. The third-order valence-corrected chi connectivity index (χ3v) is 19.2. The second-order valence-electron chi connectivity index (χ2n) is 25.2. The van der Waals surface area contributed by atoms with Crippen LogP contribution in [-0.4, -0.2) is 105 Å². The Hall–Kier alpha value is -5.68. The van der Waals surface area contributed by atoms with Crippen molar-refractivity contribution in [2.24, 2.45) is 35.5 Å². The van der Waals surface area contributed by atoms with Gasteiger partial charge in [0.25, 0.3) is 0 Å². The second kappa shape index (κ2) is 30.5. The van der Waals surface area contributed by atoms with Crippen LogP contribution in [0.5, 0.6) is 34.5 Å². The van der Waals surface area contributed by atoms with Gasteiger partial charge in [-0.15, -0.1) is 0 Å². The standard InChI is InChI=1S/C72H90O14/c1-49-4-31-69-57(33-49)13-32-71(86-48-84-62-20-11-56(12-21-62)54-7-16-60(17-8-54)80-46-82-66-28-24-64(25-29-66)78-44-76-42-52-39-74-40-52)72(69)70-36-67(35-58-34-50(2)3-30-68(58)70)85-47-83-61-18-9-55(10-19-61)53-5-14-59(15-6-53)79-45-81-65-26-22-63(23-27-65)77-43-75-41-51-37-73-38-51/h3-4,13,22-36,51-56,59-62H,5-12,14-21,37-48H2,1-2H3. The van der Waals surface area contributed by atoms with E-state index in [1.165, 1.54) is 67.9 Å². The first-order valence-corrected chi connectivity index (χ1v) is 32.2. The van der Waals surface area contributed by atoms with Gasteiger partial charge in [0, 0.05) is 17.4 Å². The van der Waals surface area contributed by atoms with Crippen molar-refractivity contribution in [3.8, 4) is 45.6 Å². The van der Waals surface area contributed by atoms with Crippen molar-refractivity contribution in [3.63, 3.8) is 0 Å². The van der Waals surface area contributed by atoms with Crippen LogP contribution in [0.15, 0.2) is 109 Å². The van der Waals surface area contributed by atoms with Crippen LogP contribution < -0.4 is 28.4 Å². The van der Waals surface area contributed by atoms with Gasteiger partial charge in [0.2, 0.25) is 0 Å². The summed E-state index contributed by atoms with van der Waals surface area (Å²) in [6.07, 6.45) is 19.0. The Morgan fingerprint density at radius 1 is 0.337 bits per heavy atom. The first kappa shape index (κ1) is 60.6. The highest BCUT2D eigenvalue weighted by Gasteiger charge is 2.34. The molecule has 0 radical (unpaired) electrons. The fraction of sp³-hybridized carbons (Fsp3) is 0.556. The number of benzene rings is 6. The van der Waals surface area contributed by atoms with E-state index in [-0.39, 0.29) is 65.2 Å². The van der Waals surface area contributed by atoms with E-state index in [0.29, 0.717) is 25.0 Å². The predicted octanol–water partition coefficient (Wildman–Crippen LogP) is 15.3. The Bertz CT molecular complexity index is 3020. The predicted molar refractivity (Wildman–Crippen MR) is 330 cm³/mol. The molecule has 0 unspecified atom stereocenters. The molecule has 0 amide bonds. The zero-order valence-electron chi connectivity index (χ0n) is 50.7. The van der Waals surface area contributed by atoms with E-state index in [0.717, 1.165) is 163 Å². The minimum absolute atomic E-state index is 0.181. The van der Waals surface area contributed by atoms with E-state index >= 15 is 0 Å². The van der Waals surface area contributed by atoms with Crippen LogP contribution in [0.25, 0.3) is 32.7 Å². The summed E-state index contributed by atoms with van der Waals surface area (Å²) in [5.41, 5.74) is 4.54. The number of hydrogen-bond donors (Lipinski definition) is 0. The minimum atomic E-state index is 0.181. The van der Waals surface area contributed by atoms with E-state index in [2.05, 4.69) is 74.5 Å². The molecule has 12 rings (SSSR count). The topological polar surface area (TPSA) is 129 Å². The van der Waals surface area contributed by atoms with Crippen LogP contribution in [0.1, 0.15) is 114 Å². The van der Waals surface area contributed by atoms with Gasteiger partial charge >= 0.3 is 0 Å². The van der Waals surface area contributed by atoms with Gasteiger partial charge in [-0.3, -0.25) is 0 Å². The highest BCUT2D eigenvalue weighted by atomic mass is 16.7. The Kier molecular flexibility index (Phi) is 21.5. The van der Waals surface area contributed by atoms with Crippen molar-refractivity contribution in [1.29, 1.82) is 0 Å². The van der Waals surface area contributed by atoms with Gasteiger partial charge in [-0.25, -0.2) is 0 Å². The zero-order chi connectivity index (χ0) is 58.3. The highest BCUT2D eigenvalue weighted by Crippen LogP contribution is 2.45.